The molecular formula is C19H20O2. The van der Waals surface area contributed by atoms with Crippen molar-refractivity contribution < 1.29 is 9.53 Å². The van der Waals surface area contributed by atoms with E-state index in [2.05, 4.69) is 19.1 Å². The van der Waals surface area contributed by atoms with Crippen LogP contribution in [0.3, 0.4) is 0 Å². The molecule has 0 spiro atoms. The van der Waals surface area contributed by atoms with Crippen LogP contribution in [0, 0.1) is 5.92 Å². The van der Waals surface area contributed by atoms with Crippen LogP contribution in [0.5, 0.6) is 0 Å². The largest absolute Gasteiger partial charge is 0.465 e. The van der Waals surface area contributed by atoms with Gasteiger partial charge in [0.25, 0.3) is 0 Å². The quantitative estimate of drug-likeness (QED) is 0.793. The molecule has 2 nitrogen and oxygen atoms in total. The molecule has 1 aliphatic carbocycles. The van der Waals surface area contributed by atoms with Gasteiger partial charge in [0.1, 0.15) is 5.41 Å². The Hall–Kier alpha value is -2.09. The lowest BCUT2D eigenvalue weighted by atomic mass is 9.90. The molecule has 0 aromatic heterocycles. The predicted octanol–water partition coefficient (Wildman–Crippen LogP) is 3.92. The molecule has 0 heterocycles. The summed E-state index contributed by atoms with van der Waals surface area (Å²) in [7, 11) is 0. The number of hydrogen-bond donors (Lipinski definition) is 0. The van der Waals surface area contributed by atoms with E-state index in [4.69, 9.17) is 4.74 Å². The first-order valence-corrected chi connectivity index (χ1v) is 7.50. The molecular weight excluding hydrogens is 260 g/mol. The molecule has 1 fully saturated rings. The summed E-state index contributed by atoms with van der Waals surface area (Å²) >= 11 is 0. The fraction of sp³-hybridized carbons (Fsp3) is 0.316. The zero-order valence-electron chi connectivity index (χ0n) is 12.5. The number of carbonyl (C=O) groups excluding carboxylic acids is 1. The van der Waals surface area contributed by atoms with Gasteiger partial charge in [-0.1, -0.05) is 67.6 Å². The van der Waals surface area contributed by atoms with Gasteiger partial charge in [-0.15, -0.1) is 0 Å². The summed E-state index contributed by atoms with van der Waals surface area (Å²) in [5.41, 5.74) is 1.74. The van der Waals surface area contributed by atoms with Crippen LogP contribution in [-0.4, -0.2) is 12.6 Å². The van der Waals surface area contributed by atoms with Gasteiger partial charge >= 0.3 is 5.97 Å². The van der Waals surface area contributed by atoms with E-state index < -0.39 is 5.41 Å². The van der Waals surface area contributed by atoms with Gasteiger partial charge in [-0.25, -0.2) is 0 Å². The lowest BCUT2D eigenvalue weighted by Gasteiger charge is -2.17. The first-order valence-electron chi connectivity index (χ1n) is 7.50. The lowest BCUT2D eigenvalue weighted by Crippen LogP contribution is -2.26. The van der Waals surface area contributed by atoms with E-state index in [0.717, 1.165) is 5.56 Å². The van der Waals surface area contributed by atoms with E-state index in [1.807, 2.05) is 55.5 Å². The Morgan fingerprint density at radius 1 is 1.05 bits per heavy atom. The molecule has 2 aromatic rings. The maximum atomic E-state index is 12.7. The third-order valence-electron chi connectivity index (χ3n) is 4.62. The second-order valence-electron chi connectivity index (χ2n) is 5.63. The fourth-order valence-electron chi connectivity index (χ4n) is 3.61. The molecule has 2 aromatic carbocycles. The Balaban J connectivity index is 2.06. The maximum absolute atomic E-state index is 12.7. The number of esters is 1. The van der Waals surface area contributed by atoms with Crippen molar-refractivity contribution in [1.82, 2.24) is 0 Å². The highest BCUT2D eigenvalue weighted by atomic mass is 16.5. The Morgan fingerprint density at radius 3 is 2.19 bits per heavy atom. The average Bonchev–Trinajstić information content (AvgIpc) is 3.16. The van der Waals surface area contributed by atoms with Crippen LogP contribution in [-0.2, 0) is 14.9 Å². The lowest BCUT2D eigenvalue weighted by molar-refractivity contribution is -0.146. The van der Waals surface area contributed by atoms with Gasteiger partial charge in [0, 0.05) is 5.92 Å². The summed E-state index contributed by atoms with van der Waals surface area (Å²) in [6, 6.07) is 20.3. The molecule has 3 rings (SSSR count). The Morgan fingerprint density at radius 2 is 1.62 bits per heavy atom. The summed E-state index contributed by atoms with van der Waals surface area (Å²) in [6.07, 6.45) is 0. The number of rotatable bonds is 4. The SMILES string of the molecule is CCOC(=O)[C@@]1(c2ccccc2)[C@H](c2ccccc2)[C@@H]1C. The average molecular weight is 280 g/mol. The van der Waals surface area contributed by atoms with Gasteiger partial charge in [0.2, 0.25) is 0 Å². The van der Waals surface area contributed by atoms with Crippen molar-refractivity contribution in [3.8, 4) is 0 Å². The number of benzene rings is 2. The number of ether oxygens (including phenoxy) is 1. The highest BCUT2D eigenvalue weighted by molar-refractivity contribution is 5.90. The van der Waals surface area contributed by atoms with Crippen LogP contribution < -0.4 is 0 Å². The zero-order chi connectivity index (χ0) is 14.9. The summed E-state index contributed by atoms with van der Waals surface area (Å²) in [6.45, 7) is 4.42. The molecule has 0 bridgehead atoms. The molecule has 0 N–H and O–H groups in total. The number of hydrogen-bond acceptors (Lipinski definition) is 2. The maximum Gasteiger partial charge on any atom is 0.317 e. The van der Waals surface area contributed by atoms with Crippen LogP contribution in [0.15, 0.2) is 60.7 Å². The van der Waals surface area contributed by atoms with E-state index in [1.165, 1.54) is 5.56 Å². The monoisotopic (exact) mass is 280 g/mol. The molecule has 1 aliphatic rings. The third-order valence-corrected chi connectivity index (χ3v) is 4.62. The van der Waals surface area contributed by atoms with Crippen molar-refractivity contribution in [2.45, 2.75) is 25.2 Å². The second-order valence-corrected chi connectivity index (χ2v) is 5.63. The van der Waals surface area contributed by atoms with Crippen molar-refractivity contribution in [1.29, 1.82) is 0 Å². The molecule has 0 radical (unpaired) electrons. The van der Waals surface area contributed by atoms with Gasteiger partial charge in [0.05, 0.1) is 6.61 Å². The first-order chi connectivity index (χ1) is 10.2. The van der Waals surface area contributed by atoms with Gasteiger partial charge in [-0.3, -0.25) is 4.79 Å². The van der Waals surface area contributed by atoms with Crippen molar-refractivity contribution in [2.24, 2.45) is 5.92 Å². The molecule has 0 unspecified atom stereocenters. The van der Waals surface area contributed by atoms with Gasteiger partial charge in [-0.05, 0) is 24.0 Å². The van der Waals surface area contributed by atoms with Gasteiger partial charge in [-0.2, -0.15) is 0 Å². The minimum atomic E-state index is -0.529. The third kappa shape index (κ3) is 2.06. The van der Waals surface area contributed by atoms with Crippen LogP contribution in [0.25, 0.3) is 0 Å². The molecule has 21 heavy (non-hydrogen) atoms. The topological polar surface area (TPSA) is 26.3 Å². The van der Waals surface area contributed by atoms with Crippen LogP contribution in [0.2, 0.25) is 0 Å². The predicted molar refractivity (Wildman–Crippen MR) is 83.1 cm³/mol. The van der Waals surface area contributed by atoms with Crippen molar-refractivity contribution in [3.05, 3.63) is 71.8 Å². The fourth-order valence-corrected chi connectivity index (χ4v) is 3.61. The minimum absolute atomic E-state index is 0.0995. The standard InChI is InChI=1S/C19H20O2/c1-3-21-18(20)19(16-12-8-5-9-13-16)14(2)17(19)15-10-6-4-7-11-15/h4-14,17H,3H2,1-2H3/t14-,17-,19-/m0/s1. The van der Waals surface area contributed by atoms with E-state index in [1.54, 1.807) is 0 Å². The van der Waals surface area contributed by atoms with Gasteiger partial charge in [0.15, 0.2) is 0 Å². The highest BCUT2D eigenvalue weighted by Gasteiger charge is 2.69. The van der Waals surface area contributed by atoms with E-state index in [0.29, 0.717) is 6.61 Å². The normalized spacial score (nSPS) is 27.1. The number of carbonyl (C=O) groups is 1. The molecule has 3 atom stereocenters. The van der Waals surface area contributed by atoms with Crippen molar-refractivity contribution >= 4 is 5.97 Å². The summed E-state index contributed by atoms with van der Waals surface area (Å²) in [5.74, 6) is 0.346. The Bertz CT molecular complexity index is 621. The molecule has 1 saturated carbocycles. The van der Waals surface area contributed by atoms with E-state index in [9.17, 15) is 4.79 Å². The summed E-state index contributed by atoms with van der Waals surface area (Å²) in [4.78, 5) is 12.7. The van der Waals surface area contributed by atoms with Crippen molar-refractivity contribution in [3.63, 3.8) is 0 Å². The van der Waals surface area contributed by atoms with Crippen LogP contribution >= 0.6 is 0 Å². The van der Waals surface area contributed by atoms with E-state index >= 15 is 0 Å². The van der Waals surface area contributed by atoms with Crippen LogP contribution in [0.1, 0.15) is 30.9 Å². The second kappa shape index (κ2) is 5.36. The Kier molecular flexibility index (Phi) is 3.54. The van der Waals surface area contributed by atoms with Crippen LogP contribution in [0.4, 0.5) is 0 Å². The molecule has 0 amide bonds. The van der Waals surface area contributed by atoms with Gasteiger partial charge < -0.3 is 4.74 Å². The molecule has 0 saturated heterocycles. The zero-order valence-corrected chi connectivity index (χ0v) is 12.5. The summed E-state index contributed by atoms with van der Waals surface area (Å²) < 4.78 is 5.41. The first kappa shape index (κ1) is 13.9. The molecule has 108 valence electrons. The Labute approximate surface area is 125 Å². The molecule has 0 aliphatic heterocycles. The van der Waals surface area contributed by atoms with E-state index in [-0.39, 0.29) is 17.8 Å². The van der Waals surface area contributed by atoms with Crippen molar-refractivity contribution in [2.75, 3.05) is 6.61 Å². The minimum Gasteiger partial charge on any atom is -0.465 e. The molecule has 2 heteroatoms. The summed E-state index contributed by atoms with van der Waals surface area (Å²) in [5, 5.41) is 0. The smallest absolute Gasteiger partial charge is 0.317 e. The highest BCUT2D eigenvalue weighted by Crippen LogP contribution is 2.66.